The first-order valence-corrected chi connectivity index (χ1v) is 5.81. The highest BCUT2D eigenvalue weighted by Crippen LogP contribution is 2.08. The zero-order chi connectivity index (χ0) is 12.8. The molecule has 1 rings (SSSR count). The van der Waals surface area contributed by atoms with Crippen LogP contribution in [0.2, 0.25) is 0 Å². The van der Waals surface area contributed by atoms with Gasteiger partial charge in [0.2, 0.25) is 0 Å². The van der Waals surface area contributed by atoms with E-state index in [0.29, 0.717) is 24.0 Å². The fourth-order valence-electron chi connectivity index (χ4n) is 1.59. The van der Waals surface area contributed by atoms with Crippen LogP contribution >= 0.6 is 0 Å². The summed E-state index contributed by atoms with van der Waals surface area (Å²) in [5.74, 6) is 6.15. The minimum absolute atomic E-state index is 0.0571. The van der Waals surface area contributed by atoms with Gasteiger partial charge in [-0.2, -0.15) is 0 Å². The SMILES string of the molecule is CCN(CC(C)C)C(=O)c1cccc(NN)n1. The number of pyridine rings is 1. The van der Waals surface area contributed by atoms with Gasteiger partial charge in [-0.1, -0.05) is 19.9 Å². The Kier molecular flexibility index (Phi) is 4.90. The number of nitrogens with one attached hydrogen (secondary N) is 1. The number of carbonyl (C=O) groups is 1. The second-order valence-corrected chi connectivity index (χ2v) is 4.29. The number of nitrogen functional groups attached to an aromatic ring is 1. The number of hydrogen-bond acceptors (Lipinski definition) is 4. The third-order valence-electron chi connectivity index (χ3n) is 2.37. The maximum Gasteiger partial charge on any atom is 0.272 e. The second kappa shape index (κ2) is 6.20. The van der Waals surface area contributed by atoms with Crippen LogP contribution in [0.25, 0.3) is 0 Å². The highest BCUT2D eigenvalue weighted by Gasteiger charge is 2.16. The van der Waals surface area contributed by atoms with Crippen molar-refractivity contribution in [3.05, 3.63) is 23.9 Å². The molecule has 0 aliphatic carbocycles. The highest BCUT2D eigenvalue weighted by atomic mass is 16.2. The molecule has 1 aromatic rings. The van der Waals surface area contributed by atoms with Gasteiger partial charge < -0.3 is 10.3 Å². The molecule has 0 unspecified atom stereocenters. The number of aromatic nitrogens is 1. The Morgan fingerprint density at radius 1 is 1.53 bits per heavy atom. The van der Waals surface area contributed by atoms with Crippen LogP contribution < -0.4 is 11.3 Å². The lowest BCUT2D eigenvalue weighted by atomic mass is 10.2. The highest BCUT2D eigenvalue weighted by molar-refractivity contribution is 5.92. The topological polar surface area (TPSA) is 71.2 Å². The molecule has 3 N–H and O–H groups in total. The number of amides is 1. The first kappa shape index (κ1) is 13.4. The Morgan fingerprint density at radius 2 is 2.24 bits per heavy atom. The van der Waals surface area contributed by atoms with Gasteiger partial charge in [-0.05, 0) is 25.0 Å². The van der Waals surface area contributed by atoms with Crippen molar-refractivity contribution in [3.63, 3.8) is 0 Å². The summed E-state index contributed by atoms with van der Waals surface area (Å²) < 4.78 is 0. The van der Waals surface area contributed by atoms with Crippen LogP contribution in [-0.2, 0) is 0 Å². The fraction of sp³-hybridized carbons (Fsp3) is 0.500. The number of hydrazine groups is 1. The van der Waals surface area contributed by atoms with Crippen molar-refractivity contribution in [3.8, 4) is 0 Å². The van der Waals surface area contributed by atoms with Gasteiger partial charge in [0, 0.05) is 13.1 Å². The lowest BCUT2D eigenvalue weighted by molar-refractivity contribution is 0.0740. The van der Waals surface area contributed by atoms with E-state index in [0.717, 1.165) is 6.54 Å². The van der Waals surface area contributed by atoms with Crippen LogP contribution in [0.3, 0.4) is 0 Å². The van der Waals surface area contributed by atoms with Crippen LogP contribution in [0.5, 0.6) is 0 Å². The van der Waals surface area contributed by atoms with E-state index in [1.807, 2.05) is 6.92 Å². The van der Waals surface area contributed by atoms with Crippen LogP contribution in [-0.4, -0.2) is 28.9 Å². The molecule has 1 aromatic heterocycles. The van der Waals surface area contributed by atoms with Gasteiger partial charge in [-0.3, -0.25) is 4.79 Å². The molecule has 94 valence electrons. The average molecular weight is 236 g/mol. The molecule has 5 heteroatoms. The van der Waals surface area contributed by atoms with E-state index in [2.05, 4.69) is 24.3 Å². The number of anilines is 1. The lowest BCUT2D eigenvalue weighted by Crippen LogP contribution is -2.34. The number of hydrogen-bond donors (Lipinski definition) is 2. The monoisotopic (exact) mass is 236 g/mol. The second-order valence-electron chi connectivity index (χ2n) is 4.29. The molecular weight excluding hydrogens is 216 g/mol. The maximum absolute atomic E-state index is 12.2. The van der Waals surface area contributed by atoms with Crippen molar-refractivity contribution < 1.29 is 4.79 Å². The third kappa shape index (κ3) is 3.71. The summed E-state index contributed by atoms with van der Waals surface area (Å²) in [7, 11) is 0. The summed E-state index contributed by atoms with van der Waals surface area (Å²) in [5, 5.41) is 0. The van der Waals surface area contributed by atoms with Gasteiger partial charge in [0.05, 0.1) is 0 Å². The van der Waals surface area contributed by atoms with Crippen LogP contribution in [0.4, 0.5) is 5.82 Å². The molecule has 17 heavy (non-hydrogen) atoms. The van der Waals surface area contributed by atoms with E-state index in [4.69, 9.17) is 5.84 Å². The van der Waals surface area contributed by atoms with Crippen LogP contribution in [0, 0.1) is 5.92 Å². The Morgan fingerprint density at radius 3 is 2.76 bits per heavy atom. The van der Waals surface area contributed by atoms with Crippen molar-refractivity contribution in [1.82, 2.24) is 9.88 Å². The minimum atomic E-state index is -0.0571. The number of nitrogens with two attached hydrogens (primary N) is 1. The Hall–Kier alpha value is -1.62. The van der Waals surface area contributed by atoms with E-state index in [1.54, 1.807) is 23.1 Å². The standard InChI is InChI=1S/C12H20N4O/c1-4-16(8-9(2)3)12(17)10-6-5-7-11(14-10)15-13/h5-7,9H,4,8,13H2,1-3H3,(H,14,15). The first-order chi connectivity index (χ1) is 8.08. The molecule has 0 aromatic carbocycles. The van der Waals surface area contributed by atoms with Gasteiger partial charge in [-0.25, -0.2) is 10.8 Å². The molecular formula is C12H20N4O. The molecule has 0 aliphatic rings. The van der Waals surface area contributed by atoms with Crippen LogP contribution in [0.15, 0.2) is 18.2 Å². The zero-order valence-corrected chi connectivity index (χ0v) is 10.6. The van der Waals surface area contributed by atoms with Gasteiger partial charge in [0.25, 0.3) is 5.91 Å². The van der Waals surface area contributed by atoms with Gasteiger partial charge >= 0.3 is 0 Å². The summed E-state index contributed by atoms with van der Waals surface area (Å²) in [5.41, 5.74) is 2.86. The number of carbonyl (C=O) groups excluding carboxylic acids is 1. The number of nitrogens with zero attached hydrogens (tertiary/aromatic N) is 2. The van der Waals surface area contributed by atoms with Gasteiger partial charge in [-0.15, -0.1) is 0 Å². The third-order valence-corrected chi connectivity index (χ3v) is 2.37. The summed E-state index contributed by atoms with van der Waals surface area (Å²) in [6.45, 7) is 7.55. The summed E-state index contributed by atoms with van der Waals surface area (Å²) in [6, 6.07) is 5.18. The predicted octanol–water partition coefficient (Wildman–Crippen LogP) is 1.49. The Bertz CT molecular complexity index is 379. The quantitative estimate of drug-likeness (QED) is 0.600. The van der Waals surface area contributed by atoms with E-state index < -0.39 is 0 Å². The fourth-order valence-corrected chi connectivity index (χ4v) is 1.59. The van der Waals surface area contributed by atoms with E-state index in [1.165, 1.54) is 0 Å². The summed E-state index contributed by atoms with van der Waals surface area (Å²) in [6.07, 6.45) is 0. The average Bonchev–Trinajstić information content (AvgIpc) is 2.35. The molecule has 0 fully saturated rings. The van der Waals surface area contributed by atoms with Crippen molar-refractivity contribution in [1.29, 1.82) is 0 Å². The molecule has 1 heterocycles. The molecule has 5 nitrogen and oxygen atoms in total. The molecule has 0 spiro atoms. The zero-order valence-electron chi connectivity index (χ0n) is 10.6. The van der Waals surface area contributed by atoms with Crippen molar-refractivity contribution in [2.75, 3.05) is 18.5 Å². The lowest BCUT2D eigenvalue weighted by Gasteiger charge is -2.22. The normalized spacial score (nSPS) is 10.4. The number of rotatable bonds is 5. The summed E-state index contributed by atoms with van der Waals surface area (Å²) >= 11 is 0. The first-order valence-electron chi connectivity index (χ1n) is 5.81. The Labute approximate surface area is 102 Å². The van der Waals surface area contributed by atoms with E-state index >= 15 is 0 Å². The van der Waals surface area contributed by atoms with Crippen molar-refractivity contribution in [2.45, 2.75) is 20.8 Å². The molecule has 0 radical (unpaired) electrons. The van der Waals surface area contributed by atoms with E-state index in [-0.39, 0.29) is 5.91 Å². The predicted molar refractivity (Wildman–Crippen MR) is 68.5 cm³/mol. The van der Waals surface area contributed by atoms with Crippen LogP contribution in [0.1, 0.15) is 31.3 Å². The van der Waals surface area contributed by atoms with Crippen molar-refractivity contribution >= 4 is 11.7 Å². The molecule has 0 saturated heterocycles. The van der Waals surface area contributed by atoms with E-state index in [9.17, 15) is 4.79 Å². The Balaban J connectivity index is 2.85. The smallest absolute Gasteiger partial charge is 0.272 e. The molecule has 0 aliphatic heterocycles. The molecule has 0 atom stereocenters. The van der Waals surface area contributed by atoms with Gasteiger partial charge in [0.1, 0.15) is 11.5 Å². The molecule has 1 amide bonds. The largest absolute Gasteiger partial charge is 0.337 e. The molecule has 0 bridgehead atoms. The van der Waals surface area contributed by atoms with Gasteiger partial charge in [0.15, 0.2) is 0 Å². The van der Waals surface area contributed by atoms with Crippen molar-refractivity contribution in [2.24, 2.45) is 11.8 Å². The molecule has 0 saturated carbocycles. The minimum Gasteiger partial charge on any atom is -0.337 e. The summed E-state index contributed by atoms with van der Waals surface area (Å²) in [4.78, 5) is 18.1. The maximum atomic E-state index is 12.2.